The molecule has 0 radical (unpaired) electrons. The largest absolute Gasteiger partial charge is 0.468 e. The fourth-order valence-corrected chi connectivity index (χ4v) is 4.80. The number of anilines is 1. The van der Waals surface area contributed by atoms with Crippen LogP contribution >= 0.6 is 0 Å². The molecule has 1 fully saturated rings. The number of carbonyl (C=O) groups is 2. The van der Waals surface area contributed by atoms with Crippen LogP contribution in [0.3, 0.4) is 0 Å². The van der Waals surface area contributed by atoms with Crippen molar-refractivity contribution in [1.82, 2.24) is 14.8 Å². The lowest BCUT2D eigenvalue weighted by Crippen LogP contribution is -2.58. The van der Waals surface area contributed by atoms with Crippen LogP contribution in [0, 0.1) is 6.92 Å². The van der Waals surface area contributed by atoms with Gasteiger partial charge in [-0.2, -0.15) is 0 Å². The number of carbonyl (C=O) groups excluding carboxylic acids is 2. The number of aromatic nitrogens is 1. The number of ether oxygens (including phenoxy) is 1. The van der Waals surface area contributed by atoms with Crippen molar-refractivity contribution in [1.29, 1.82) is 0 Å². The van der Waals surface area contributed by atoms with Crippen LogP contribution in [-0.2, 0) is 15.1 Å². The van der Waals surface area contributed by atoms with Crippen LogP contribution in [0.4, 0.5) is 10.5 Å². The van der Waals surface area contributed by atoms with Gasteiger partial charge >= 0.3 is 12.0 Å². The van der Waals surface area contributed by atoms with Crippen LogP contribution in [0.1, 0.15) is 31.0 Å². The molecule has 4 rings (SSSR count). The van der Waals surface area contributed by atoms with Crippen molar-refractivity contribution in [3.05, 3.63) is 47.8 Å². The van der Waals surface area contributed by atoms with Gasteiger partial charge in [0.2, 0.25) is 0 Å². The summed E-state index contributed by atoms with van der Waals surface area (Å²) in [6.07, 6.45) is 3.81. The maximum absolute atomic E-state index is 12.5. The van der Waals surface area contributed by atoms with Crippen molar-refractivity contribution < 1.29 is 14.3 Å². The topological polar surface area (TPSA) is 66.8 Å². The molecule has 2 aromatic rings. The number of rotatable bonds is 3. The van der Waals surface area contributed by atoms with Gasteiger partial charge in [0.15, 0.2) is 0 Å². The summed E-state index contributed by atoms with van der Waals surface area (Å²) in [6, 6.07) is 10.7. The maximum Gasteiger partial charge on any atom is 0.325 e. The van der Waals surface area contributed by atoms with Crippen molar-refractivity contribution in [3.63, 3.8) is 0 Å². The standard InChI is InChI=1S/C22H28N4O3/c1-4-26-18-14-16(2)7-8-17(18)25-11-5-6-19(25)22(26)9-12-24(13-10-22)21(28)23-15-20(27)29-3/h5-8,11,14H,4,9-10,12-13,15H2,1-3H3,(H,23,28). The molecule has 0 saturated carbocycles. The summed E-state index contributed by atoms with van der Waals surface area (Å²) in [5, 5.41) is 2.65. The number of piperidine rings is 1. The number of amides is 2. The minimum Gasteiger partial charge on any atom is -0.468 e. The van der Waals surface area contributed by atoms with Crippen molar-refractivity contribution in [2.75, 3.05) is 38.2 Å². The Labute approximate surface area is 171 Å². The molecular formula is C22H28N4O3. The summed E-state index contributed by atoms with van der Waals surface area (Å²) in [4.78, 5) is 28.1. The summed E-state index contributed by atoms with van der Waals surface area (Å²) in [7, 11) is 1.32. The number of methoxy groups -OCH3 is 1. The first-order valence-corrected chi connectivity index (χ1v) is 10.2. The van der Waals surface area contributed by atoms with Crippen LogP contribution in [0.25, 0.3) is 5.69 Å². The van der Waals surface area contributed by atoms with Gasteiger partial charge in [-0.25, -0.2) is 4.79 Å². The van der Waals surface area contributed by atoms with E-state index in [9.17, 15) is 9.59 Å². The Kier molecular flexibility index (Phi) is 4.98. The first-order chi connectivity index (χ1) is 14.0. The van der Waals surface area contributed by atoms with Crippen LogP contribution in [-0.4, -0.2) is 54.8 Å². The predicted molar refractivity (Wildman–Crippen MR) is 111 cm³/mol. The molecular weight excluding hydrogens is 368 g/mol. The highest BCUT2D eigenvalue weighted by Gasteiger charge is 2.46. The second-order valence-electron chi connectivity index (χ2n) is 7.75. The van der Waals surface area contributed by atoms with Crippen molar-refractivity contribution in [3.8, 4) is 5.69 Å². The molecule has 1 saturated heterocycles. The number of esters is 1. The molecule has 7 heteroatoms. The number of nitrogens with zero attached hydrogens (tertiary/aromatic N) is 3. The highest BCUT2D eigenvalue weighted by Crippen LogP contribution is 2.48. The minimum absolute atomic E-state index is 0.104. The number of hydrogen-bond donors (Lipinski definition) is 1. The molecule has 2 aliphatic heterocycles. The first-order valence-electron chi connectivity index (χ1n) is 10.2. The van der Waals surface area contributed by atoms with Crippen LogP contribution in [0.2, 0.25) is 0 Å². The molecule has 1 N–H and O–H groups in total. The fourth-order valence-electron chi connectivity index (χ4n) is 4.80. The maximum atomic E-state index is 12.5. The quantitative estimate of drug-likeness (QED) is 0.811. The molecule has 0 bridgehead atoms. The first kappa shape index (κ1) is 19.4. The number of urea groups is 1. The van der Waals surface area contributed by atoms with Crippen molar-refractivity contribution in [2.45, 2.75) is 32.2 Å². The molecule has 0 unspecified atom stereocenters. The number of hydrogen-bond acceptors (Lipinski definition) is 4. The Morgan fingerprint density at radius 3 is 2.62 bits per heavy atom. The highest BCUT2D eigenvalue weighted by atomic mass is 16.5. The van der Waals surface area contributed by atoms with Crippen LogP contribution < -0.4 is 10.2 Å². The van der Waals surface area contributed by atoms with Gasteiger partial charge in [0.25, 0.3) is 0 Å². The molecule has 1 aromatic heterocycles. The molecule has 2 amide bonds. The van der Waals surface area contributed by atoms with E-state index in [1.165, 1.54) is 29.7 Å². The number of aryl methyl sites for hydroxylation is 1. The van der Waals surface area contributed by atoms with Gasteiger partial charge in [-0.1, -0.05) is 6.07 Å². The molecule has 154 valence electrons. The molecule has 1 spiro atoms. The molecule has 29 heavy (non-hydrogen) atoms. The van der Waals surface area contributed by atoms with Gasteiger partial charge in [0, 0.05) is 31.5 Å². The van der Waals surface area contributed by atoms with E-state index in [-0.39, 0.29) is 18.1 Å². The van der Waals surface area contributed by atoms with Gasteiger partial charge in [0.1, 0.15) is 6.54 Å². The second-order valence-corrected chi connectivity index (χ2v) is 7.75. The number of likely N-dealkylation sites (tertiary alicyclic amines) is 1. The van der Waals surface area contributed by atoms with E-state index in [1.54, 1.807) is 4.90 Å². The normalized spacial score (nSPS) is 16.9. The lowest BCUT2D eigenvalue weighted by atomic mass is 9.80. The van der Waals surface area contributed by atoms with E-state index >= 15 is 0 Å². The Morgan fingerprint density at radius 2 is 1.93 bits per heavy atom. The lowest BCUT2D eigenvalue weighted by Gasteiger charge is -2.53. The smallest absolute Gasteiger partial charge is 0.325 e. The van der Waals surface area contributed by atoms with Gasteiger partial charge < -0.3 is 24.4 Å². The Balaban J connectivity index is 1.60. The fraction of sp³-hybridized carbons (Fsp3) is 0.455. The average Bonchev–Trinajstić information content (AvgIpc) is 3.23. The van der Waals surface area contributed by atoms with E-state index < -0.39 is 5.97 Å². The van der Waals surface area contributed by atoms with Crippen LogP contribution in [0.5, 0.6) is 0 Å². The molecule has 3 heterocycles. The van der Waals surface area contributed by atoms with E-state index in [4.69, 9.17) is 0 Å². The van der Waals surface area contributed by atoms with E-state index in [1.807, 2.05) is 0 Å². The highest BCUT2D eigenvalue weighted by molar-refractivity contribution is 5.81. The van der Waals surface area contributed by atoms with Crippen LogP contribution in [0.15, 0.2) is 36.5 Å². The average molecular weight is 396 g/mol. The van der Waals surface area contributed by atoms with Crippen molar-refractivity contribution in [2.24, 2.45) is 0 Å². The Hall–Kier alpha value is -2.96. The summed E-state index contributed by atoms with van der Waals surface area (Å²) >= 11 is 0. The molecule has 2 aliphatic rings. The molecule has 1 aromatic carbocycles. The monoisotopic (exact) mass is 396 g/mol. The lowest BCUT2D eigenvalue weighted by molar-refractivity contribution is -0.139. The third kappa shape index (κ3) is 3.14. The predicted octanol–water partition coefficient (Wildman–Crippen LogP) is 2.80. The van der Waals surface area contributed by atoms with Gasteiger partial charge in [0.05, 0.1) is 24.0 Å². The Morgan fingerprint density at radius 1 is 1.17 bits per heavy atom. The number of benzene rings is 1. The summed E-state index contributed by atoms with van der Waals surface area (Å²) in [6.45, 7) is 6.39. The van der Waals surface area contributed by atoms with Gasteiger partial charge in [-0.3, -0.25) is 4.79 Å². The van der Waals surface area contributed by atoms with E-state index in [0.29, 0.717) is 13.1 Å². The zero-order valence-corrected chi connectivity index (χ0v) is 17.3. The van der Waals surface area contributed by atoms with Crippen molar-refractivity contribution >= 4 is 17.7 Å². The number of nitrogens with one attached hydrogen (secondary N) is 1. The third-order valence-corrected chi connectivity index (χ3v) is 6.23. The third-order valence-electron chi connectivity index (χ3n) is 6.23. The zero-order chi connectivity index (χ0) is 20.6. The molecule has 0 aliphatic carbocycles. The van der Waals surface area contributed by atoms with E-state index in [2.05, 4.69) is 69.9 Å². The number of fused-ring (bicyclic) bond motifs is 4. The molecule has 7 nitrogen and oxygen atoms in total. The zero-order valence-electron chi connectivity index (χ0n) is 17.3. The molecule has 0 atom stereocenters. The second kappa shape index (κ2) is 7.46. The summed E-state index contributed by atoms with van der Waals surface area (Å²) in [5.41, 5.74) is 4.84. The Bertz CT molecular complexity index is 928. The van der Waals surface area contributed by atoms with Gasteiger partial charge in [-0.05, 0) is 56.5 Å². The SMILES string of the molecule is CCN1c2cc(C)ccc2-n2cccc2C12CCN(C(=O)NCC(=O)OC)CC2. The summed E-state index contributed by atoms with van der Waals surface area (Å²) < 4.78 is 6.90. The minimum atomic E-state index is -0.443. The van der Waals surface area contributed by atoms with Gasteiger partial charge in [-0.15, -0.1) is 0 Å². The summed E-state index contributed by atoms with van der Waals surface area (Å²) in [5.74, 6) is -0.443. The van der Waals surface area contributed by atoms with E-state index in [0.717, 1.165) is 19.4 Å².